The van der Waals surface area contributed by atoms with E-state index in [9.17, 15) is 9.59 Å². The minimum absolute atomic E-state index is 0.294. The van der Waals surface area contributed by atoms with Gasteiger partial charge in [0.05, 0.1) is 12.3 Å². The summed E-state index contributed by atoms with van der Waals surface area (Å²) in [6, 6.07) is 8.84. The second-order valence-electron chi connectivity index (χ2n) is 4.72. The Balaban J connectivity index is 2.23. The lowest BCUT2D eigenvalue weighted by atomic mass is 10.0. The molecule has 0 unspecified atom stereocenters. The summed E-state index contributed by atoms with van der Waals surface area (Å²) in [6.07, 6.45) is 0.145. The van der Waals surface area contributed by atoms with Gasteiger partial charge in [-0.1, -0.05) is 37.3 Å². The zero-order valence-corrected chi connectivity index (χ0v) is 12.2. The Hall–Kier alpha value is -2.17. The third kappa shape index (κ3) is 3.68. The number of esters is 2. The molecule has 2 atom stereocenters. The number of ether oxygens (including phenoxy) is 2. The first kappa shape index (κ1) is 15.2. The second-order valence-corrected chi connectivity index (χ2v) is 4.72. The first-order valence-electron chi connectivity index (χ1n) is 7.14. The van der Waals surface area contributed by atoms with Gasteiger partial charge in [-0.2, -0.15) is 0 Å². The number of hydrogen-bond donors (Lipinski definition) is 0. The normalized spacial score (nSPS) is 20.8. The molecular formula is C16H19NO4. The van der Waals surface area contributed by atoms with E-state index >= 15 is 0 Å². The van der Waals surface area contributed by atoms with E-state index in [-0.39, 0.29) is 11.9 Å². The Bertz CT molecular complexity index is 538. The van der Waals surface area contributed by atoms with Crippen LogP contribution in [0.1, 0.15) is 32.3 Å². The van der Waals surface area contributed by atoms with Gasteiger partial charge >= 0.3 is 11.9 Å². The fourth-order valence-electron chi connectivity index (χ4n) is 2.22. The molecular weight excluding hydrogens is 270 g/mol. The average Bonchev–Trinajstić information content (AvgIpc) is 2.92. The molecule has 112 valence electrons. The molecule has 0 radical (unpaired) electrons. The van der Waals surface area contributed by atoms with E-state index in [1.807, 2.05) is 30.3 Å². The van der Waals surface area contributed by atoms with Gasteiger partial charge in [-0.25, -0.2) is 4.79 Å². The monoisotopic (exact) mass is 289 g/mol. The van der Waals surface area contributed by atoms with Crippen molar-refractivity contribution < 1.29 is 19.1 Å². The predicted molar refractivity (Wildman–Crippen MR) is 78.2 cm³/mol. The molecule has 0 aliphatic carbocycles. The van der Waals surface area contributed by atoms with Crippen molar-refractivity contribution in [2.24, 2.45) is 4.99 Å². The molecule has 0 aromatic heterocycles. The highest BCUT2D eigenvalue weighted by molar-refractivity contribution is 6.07. The minimum Gasteiger partial charge on any atom is -0.464 e. The molecule has 1 aromatic rings. The van der Waals surface area contributed by atoms with E-state index in [2.05, 4.69) is 4.99 Å². The Labute approximate surface area is 124 Å². The third-order valence-corrected chi connectivity index (χ3v) is 3.23. The van der Waals surface area contributed by atoms with Crippen molar-refractivity contribution in [3.8, 4) is 0 Å². The van der Waals surface area contributed by atoms with E-state index in [0.717, 1.165) is 5.56 Å². The van der Waals surface area contributed by atoms with Crippen molar-refractivity contribution >= 4 is 17.7 Å². The Morgan fingerprint density at radius 1 is 1.24 bits per heavy atom. The predicted octanol–water partition coefficient (Wildman–Crippen LogP) is 2.13. The third-order valence-electron chi connectivity index (χ3n) is 3.23. The number of carbonyl (C=O) groups is 2. The van der Waals surface area contributed by atoms with Gasteiger partial charge in [0.25, 0.3) is 0 Å². The summed E-state index contributed by atoms with van der Waals surface area (Å²) in [4.78, 5) is 27.8. The lowest BCUT2D eigenvalue weighted by Crippen LogP contribution is -2.27. The smallest absolute Gasteiger partial charge is 0.331 e. The van der Waals surface area contributed by atoms with Gasteiger partial charge in [0.15, 0.2) is 6.04 Å². The molecule has 5 heteroatoms. The molecule has 0 saturated carbocycles. The SMILES string of the molecule is CCOC(=O)[C@@H]1C[C@H](OC(=O)CC)C(c2ccccc2)=N1. The molecule has 0 amide bonds. The van der Waals surface area contributed by atoms with E-state index in [0.29, 0.717) is 25.2 Å². The van der Waals surface area contributed by atoms with E-state index in [1.54, 1.807) is 13.8 Å². The van der Waals surface area contributed by atoms with Gasteiger partial charge in [-0.3, -0.25) is 9.79 Å². The van der Waals surface area contributed by atoms with Crippen LogP contribution in [-0.4, -0.2) is 36.4 Å². The number of nitrogens with zero attached hydrogens (tertiary/aromatic N) is 1. The van der Waals surface area contributed by atoms with E-state index in [4.69, 9.17) is 9.47 Å². The van der Waals surface area contributed by atoms with Crippen molar-refractivity contribution in [1.82, 2.24) is 0 Å². The van der Waals surface area contributed by atoms with E-state index in [1.165, 1.54) is 0 Å². The van der Waals surface area contributed by atoms with Gasteiger partial charge in [-0.15, -0.1) is 0 Å². The van der Waals surface area contributed by atoms with Gasteiger partial charge in [0, 0.05) is 12.8 Å². The molecule has 1 heterocycles. The highest BCUT2D eigenvalue weighted by Gasteiger charge is 2.36. The fourth-order valence-corrected chi connectivity index (χ4v) is 2.22. The molecule has 21 heavy (non-hydrogen) atoms. The van der Waals surface area contributed by atoms with Crippen LogP contribution in [0.2, 0.25) is 0 Å². The molecule has 1 aliphatic rings. The number of hydrogen-bond acceptors (Lipinski definition) is 5. The zero-order chi connectivity index (χ0) is 15.2. The van der Waals surface area contributed by atoms with Crippen LogP contribution in [0.15, 0.2) is 35.3 Å². The van der Waals surface area contributed by atoms with Crippen LogP contribution in [-0.2, 0) is 19.1 Å². The highest BCUT2D eigenvalue weighted by Crippen LogP contribution is 2.23. The maximum atomic E-state index is 11.9. The summed E-state index contributed by atoms with van der Waals surface area (Å²) in [5.74, 6) is -0.672. The van der Waals surface area contributed by atoms with Crippen molar-refractivity contribution in [3.63, 3.8) is 0 Å². The van der Waals surface area contributed by atoms with Gasteiger partial charge < -0.3 is 9.47 Å². The first-order valence-corrected chi connectivity index (χ1v) is 7.14. The standard InChI is InChI=1S/C16H19NO4/c1-3-14(18)21-13-10-12(16(19)20-4-2)17-15(13)11-8-6-5-7-9-11/h5-9,12-13H,3-4,10H2,1-2H3/t12-,13-/m0/s1. The first-order chi connectivity index (χ1) is 10.2. The Morgan fingerprint density at radius 2 is 1.95 bits per heavy atom. The molecule has 5 nitrogen and oxygen atoms in total. The molecule has 0 spiro atoms. The van der Waals surface area contributed by atoms with Crippen LogP contribution in [0.3, 0.4) is 0 Å². The van der Waals surface area contributed by atoms with Crippen LogP contribution >= 0.6 is 0 Å². The van der Waals surface area contributed by atoms with Crippen molar-refractivity contribution in [3.05, 3.63) is 35.9 Å². The minimum atomic E-state index is -0.602. The van der Waals surface area contributed by atoms with Crippen molar-refractivity contribution in [1.29, 1.82) is 0 Å². The number of aliphatic imine (C=N–C) groups is 1. The van der Waals surface area contributed by atoms with Crippen LogP contribution in [0.5, 0.6) is 0 Å². The summed E-state index contributed by atoms with van der Waals surface area (Å²) < 4.78 is 10.4. The Kier molecular flexibility index (Phi) is 5.09. The number of carbonyl (C=O) groups excluding carboxylic acids is 2. The van der Waals surface area contributed by atoms with Crippen molar-refractivity contribution in [2.75, 3.05) is 6.61 Å². The van der Waals surface area contributed by atoms with Crippen LogP contribution in [0.4, 0.5) is 0 Å². The molecule has 0 N–H and O–H groups in total. The topological polar surface area (TPSA) is 65.0 Å². The zero-order valence-electron chi connectivity index (χ0n) is 12.2. The molecule has 1 aromatic carbocycles. The van der Waals surface area contributed by atoms with Crippen LogP contribution < -0.4 is 0 Å². The molecule has 0 bridgehead atoms. The lowest BCUT2D eigenvalue weighted by Gasteiger charge is -2.14. The maximum absolute atomic E-state index is 11.9. The quantitative estimate of drug-likeness (QED) is 0.779. The summed E-state index contributed by atoms with van der Waals surface area (Å²) in [7, 11) is 0. The fraction of sp³-hybridized carbons (Fsp3) is 0.438. The second kappa shape index (κ2) is 7.02. The lowest BCUT2D eigenvalue weighted by molar-refractivity contribution is -0.149. The van der Waals surface area contributed by atoms with Crippen molar-refractivity contribution in [2.45, 2.75) is 38.8 Å². The number of rotatable bonds is 5. The maximum Gasteiger partial charge on any atom is 0.331 e. The Morgan fingerprint density at radius 3 is 2.57 bits per heavy atom. The van der Waals surface area contributed by atoms with Crippen LogP contribution in [0, 0.1) is 0 Å². The number of benzene rings is 1. The summed E-state index contributed by atoms with van der Waals surface area (Å²) in [6.45, 7) is 3.80. The molecule has 1 aliphatic heterocycles. The van der Waals surface area contributed by atoms with Gasteiger partial charge in [0.2, 0.25) is 0 Å². The summed E-state index contributed by atoms with van der Waals surface area (Å²) >= 11 is 0. The molecule has 0 fully saturated rings. The van der Waals surface area contributed by atoms with Gasteiger partial charge in [0.1, 0.15) is 6.10 Å². The van der Waals surface area contributed by atoms with Crippen LogP contribution in [0.25, 0.3) is 0 Å². The highest BCUT2D eigenvalue weighted by atomic mass is 16.5. The average molecular weight is 289 g/mol. The summed E-state index contributed by atoms with van der Waals surface area (Å²) in [5.41, 5.74) is 1.49. The largest absolute Gasteiger partial charge is 0.464 e. The van der Waals surface area contributed by atoms with Gasteiger partial charge in [-0.05, 0) is 12.5 Å². The molecule has 0 saturated heterocycles. The summed E-state index contributed by atoms with van der Waals surface area (Å²) in [5, 5.41) is 0. The van der Waals surface area contributed by atoms with E-state index < -0.39 is 12.1 Å². The molecule has 2 rings (SSSR count).